The second kappa shape index (κ2) is 6.12. The maximum atomic E-state index is 12.0. The lowest BCUT2D eigenvalue weighted by Gasteiger charge is -2.28. The molecule has 0 aromatic carbocycles. The number of nitro groups is 1. The number of amides is 1. The van der Waals surface area contributed by atoms with Gasteiger partial charge in [0.1, 0.15) is 0 Å². The molecule has 0 saturated heterocycles. The van der Waals surface area contributed by atoms with Crippen LogP contribution in [0.4, 0.5) is 5.00 Å². The number of nitrogens with one attached hydrogen (secondary N) is 2. The van der Waals surface area contributed by atoms with E-state index in [0.29, 0.717) is 11.6 Å². The molecule has 0 bridgehead atoms. The molecule has 1 heterocycles. The van der Waals surface area contributed by atoms with Crippen molar-refractivity contribution in [3.63, 3.8) is 0 Å². The maximum absolute atomic E-state index is 12.0. The lowest BCUT2D eigenvalue weighted by molar-refractivity contribution is -0.380. The van der Waals surface area contributed by atoms with Crippen LogP contribution in [0.5, 0.6) is 0 Å². The Morgan fingerprint density at radius 3 is 2.53 bits per heavy atom. The summed E-state index contributed by atoms with van der Waals surface area (Å²) < 4.78 is 0. The van der Waals surface area contributed by atoms with E-state index in [1.807, 2.05) is 7.05 Å². The predicted octanol–water partition coefficient (Wildman–Crippen LogP) is 1.92. The number of rotatable bonds is 4. The smallest absolute Gasteiger partial charge is 0.324 e. The molecule has 2 rings (SSSR count). The third-order valence-corrected chi connectivity index (χ3v) is 4.38. The Morgan fingerprint density at radius 1 is 1.37 bits per heavy atom. The van der Waals surface area contributed by atoms with Crippen LogP contribution in [0.2, 0.25) is 0 Å². The van der Waals surface area contributed by atoms with Crippen molar-refractivity contribution in [2.24, 2.45) is 0 Å². The van der Waals surface area contributed by atoms with E-state index < -0.39 is 4.92 Å². The lowest BCUT2D eigenvalue weighted by atomic mass is 9.91. The Bertz CT molecular complexity index is 467. The number of hydrogen-bond acceptors (Lipinski definition) is 5. The molecule has 1 aliphatic rings. The first-order chi connectivity index (χ1) is 9.10. The van der Waals surface area contributed by atoms with Crippen LogP contribution < -0.4 is 10.6 Å². The zero-order valence-corrected chi connectivity index (χ0v) is 11.5. The van der Waals surface area contributed by atoms with Gasteiger partial charge >= 0.3 is 5.00 Å². The van der Waals surface area contributed by atoms with E-state index >= 15 is 0 Å². The van der Waals surface area contributed by atoms with Crippen LogP contribution in [-0.4, -0.2) is 30.0 Å². The lowest BCUT2D eigenvalue weighted by Crippen LogP contribution is -2.41. The molecular formula is C12H17N3O3S. The third-order valence-electron chi connectivity index (χ3n) is 3.50. The average molecular weight is 283 g/mol. The van der Waals surface area contributed by atoms with E-state index in [4.69, 9.17) is 0 Å². The minimum atomic E-state index is -0.473. The fraction of sp³-hybridized carbons (Fsp3) is 0.583. The van der Waals surface area contributed by atoms with Gasteiger partial charge in [-0.3, -0.25) is 14.9 Å². The van der Waals surface area contributed by atoms with E-state index in [0.717, 1.165) is 37.0 Å². The van der Waals surface area contributed by atoms with Crippen molar-refractivity contribution in [2.75, 3.05) is 7.05 Å². The Kier molecular flexibility index (Phi) is 4.49. The van der Waals surface area contributed by atoms with Gasteiger partial charge in [-0.15, -0.1) is 0 Å². The highest BCUT2D eigenvalue weighted by Crippen LogP contribution is 2.23. The van der Waals surface area contributed by atoms with Crippen molar-refractivity contribution in [3.8, 4) is 0 Å². The molecule has 7 heteroatoms. The van der Waals surface area contributed by atoms with Crippen molar-refractivity contribution in [2.45, 2.75) is 37.8 Å². The Hall–Kier alpha value is -1.47. The van der Waals surface area contributed by atoms with Gasteiger partial charge in [0, 0.05) is 23.5 Å². The zero-order valence-electron chi connectivity index (χ0n) is 10.7. The van der Waals surface area contributed by atoms with Crippen LogP contribution in [0.3, 0.4) is 0 Å². The van der Waals surface area contributed by atoms with Crippen molar-refractivity contribution in [1.29, 1.82) is 0 Å². The molecule has 0 unspecified atom stereocenters. The van der Waals surface area contributed by atoms with Crippen molar-refractivity contribution in [1.82, 2.24) is 10.6 Å². The van der Waals surface area contributed by atoms with E-state index in [1.165, 1.54) is 11.4 Å². The number of carbonyl (C=O) groups excluding carboxylic acids is 1. The van der Waals surface area contributed by atoms with Crippen molar-refractivity contribution in [3.05, 3.63) is 27.1 Å². The molecule has 104 valence electrons. The largest absolute Gasteiger partial charge is 0.349 e. The fourth-order valence-corrected chi connectivity index (χ4v) is 3.04. The Morgan fingerprint density at radius 2 is 2.00 bits per heavy atom. The molecule has 1 fully saturated rings. The summed E-state index contributed by atoms with van der Waals surface area (Å²) in [5.74, 6) is -0.211. The summed E-state index contributed by atoms with van der Waals surface area (Å²) in [5, 5.41) is 18.3. The van der Waals surface area contributed by atoms with E-state index in [1.54, 1.807) is 0 Å². The van der Waals surface area contributed by atoms with Crippen molar-refractivity contribution < 1.29 is 9.72 Å². The van der Waals surface area contributed by atoms with E-state index in [-0.39, 0.29) is 17.0 Å². The van der Waals surface area contributed by atoms with Crippen LogP contribution in [0.15, 0.2) is 11.4 Å². The third kappa shape index (κ3) is 3.51. The molecule has 0 radical (unpaired) electrons. The van der Waals surface area contributed by atoms with Crippen LogP contribution in [0.25, 0.3) is 0 Å². The van der Waals surface area contributed by atoms with Gasteiger partial charge in [-0.1, -0.05) is 11.3 Å². The van der Waals surface area contributed by atoms with Gasteiger partial charge in [0.25, 0.3) is 5.91 Å². The summed E-state index contributed by atoms with van der Waals surface area (Å²) in [5.41, 5.74) is 0.382. The monoisotopic (exact) mass is 283 g/mol. The normalized spacial score (nSPS) is 23.0. The highest BCUT2D eigenvalue weighted by atomic mass is 32.1. The van der Waals surface area contributed by atoms with Gasteiger partial charge in [-0.2, -0.15) is 0 Å². The van der Waals surface area contributed by atoms with Crippen LogP contribution in [-0.2, 0) is 0 Å². The molecule has 0 spiro atoms. The average Bonchev–Trinajstić information content (AvgIpc) is 2.89. The highest BCUT2D eigenvalue weighted by Gasteiger charge is 2.23. The SMILES string of the molecule is CNC1CCC(NC(=O)c2csc([N+](=O)[O-])c2)CC1. The van der Waals surface area contributed by atoms with Gasteiger partial charge in [0.15, 0.2) is 0 Å². The van der Waals surface area contributed by atoms with E-state index in [9.17, 15) is 14.9 Å². The number of thiophene rings is 1. The highest BCUT2D eigenvalue weighted by molar-refractivity contribution is 7.13. The summed E-state index contributed by atoms with van der Waals surface area (Å²) in [6.45, 7) is 0. The summed E-state index contributed by atoms with van der Waals surface area (Å²) in [6, 6.07) is 2.05. The van der Waals surface area contributed by atoms with E-state index in [2.05, 4.69) is 10.6 Å². The zero-order chi connectivity index (χ0) is 13.8. The Balaban J connectivity index is 1.88. The molecule has 0 aliphatic heterocycles. The second-order valence-corrected chi connectivity index (χ2v) is 5.63. The predicted molar refractivity (Wildman–Crippen MR) is 73.5 cm³/mol. The maximum Gasteiger partial charge on any atom is 0.324 e. The van der Waals surface area contributed by atoms with Gasteiger partial charge in [-0.05, 0) is 32.7 Å². The molecule has 1 amide bonds. The molecule has 1 saturated carbocycles. The van der Waals surface area contributed by atoms with Crippen LogP contribution in [0, 0.1) is 10.1 Å². The summed E-state index contributed by atoms with van der Waals surface area (Å²) in [4.78, 5) is 22.1. The summed E-state index contributed by atoms with van der Waals surface area (Å²) in [6.07, 6.45) is 3.99. The first-order valence-corrected chi connectivity index (χ1v) is 7.19. The van der Waals surface area contributed by atoms with Crippen LogP contribution in [0.1, 0.15) is 36.0 Å². The molecule has 6 nitrogen and oxygen atoms in total. The van der Waals surface area contributed by atoms with Gasteiger partial charge in [0.05, 0.1) is 10.5 Å². The molecule has 1 aliphatic carbocycles. The molecular weight excluding hydrogens is 266 g/mol. The second-order valence-electron chi connectivity index (χ2n) is 4.74. The number of hydrogen-bond donors (Lipinski definition) is 2. The van der Waals surface area contributed by atoms with Gasteiger partial charge in [-0.25, -0.2) is 0 Å². The first kappa shape index (κ1) is 14.0. The quantitative estimate of drug-likeness (QED) is 0.653. The van der Waals surface area contributed by atoms with Gasteiger partial charge < -0.3 is 10.6 Å². The van der Waals surface area contributed by atoms with Crippen LogP contribution >= 0.6 is 11.3 Å². The molecule has 1 aromatic heterocycles. The molecule has 2 N–H and O–H groups in total. The topological polar surface area (TPSA) is 84.3 Å². The summed E-state index contributed by atoms with van der Waals surface area (Å²) >= 11 is 0.982. The molecule has 1 aromatic rings. The first-order valence-electron chi connectivity index (χ1n) is 6.31. The number of nitrogens with zero attached hydrogens (tertiary/aromatic N) is 1. The molecule has 19 heavy (non-hydrogen) atoms. The number of carbonyl (C=O) groups is 1. The minimum Gasteiger partial charge on any atom is -0.349 e. The Labute approximate surface area is 115 Å². The molecule has 0 atom stereocenters. The fourth-order valence-electron chi connectivity index (χ4n) is 2.33. The standard InChI is InChI=1S/C12H17N3O3S/c1-13-9-2-4-10(5-3-9)14-12(16)8-6-11(15(17)18)19-7-8/h6-7,9-10,13H,2-5H2,1H3,(H,14,16). The minimum absolute atomic E-state index is 0.00374. The summed E-state index contributed by atoms with van der Waals surface area (Å²) in [7, 11) is 1.95. The van der Waals surface area contributed by atoms with Gasteiger partial charge in [0.2, 0.25) is 0 Å². The van der Waals surface area contributed by atoms with Crippen molar-refractivity contribution >= 4 is 22.2 Å².